The molecule has 0 aliphatic heterocycles. The standard InChI is InChI=1S/C20H17F2NO5/c21-16-9-14(10-17(22)19(16)27-7-2-4-18(24)25)15-3-1-6-23-20(15)28-12-13-5-8-26-11-13/h1,3,5-6,8-11H,2,4,7,12H2,(H,24,25). The van der Waals surface area contributed by atoms with Crippen LogP contribution in [0, 0.1) is 11.6 Å². The summed E-state index contributed by atoms with van der Waals surface area (Å²) in [5.74, 6) is -3.11. The van der Waals surface area contributed by atoms with Gasteiger partial charge in [-0.3, -0.25) is 4.79 Å². The van der Waals surface area contributed by atoms with Crippen LogP contribution in [0.25, 0.3) is 11.1 Å². The summed E-state index contributed by atoms with van der Waals surface area (Å²) in [4.78, 5) is 14.6. The summed E-state index contributed by atoms with van der Waals surface area (Å²) in [5, 5.41) is 8.59. The Bertz CT molecular complexity index is 921. The number of furan rings is 1. The third-order valence-electron chi connectivity index (χ3n) is 3.82. The van der Waals surface area contributed by atoms with E-state index < -0.39 is 23.4 Å². The lowest BCUT2D eigenvalue weighted by molar-refractivity contribution is -0.137. The van der Waals surface area contributed by atoms with Crippen LogP contribution in [0.1, 0.15) is 18.4 Å². The molecule has 3 aromatic rings. The second-order valence-electron chi connectivity index (χ2n) is 5.89. The van der Waals surface area contributed by atoms with Crippen LogP contribution in [-0.2, 0) is 11.4 Å². The highest BCUT2D eigenvalue weighted by Gasteiger charge is 2.16. The predicted molar refractivity (Wildman–Crippen MR) is 95.0 cm³/mol. The van der Waals surface area contributed by atoms with Crippen molar-refractivity contribution in [3.63, 3.8) is 0 Å². The number of ether oxygens (including phenoxy) is 2. The van der Waals surface area contributed by atoms with Gasteiger partial charge < -0.3 is 19.0 Å². The Kier molecular flexibility index (Phi) is 6.21. The van der Waals surface area contributed by atoms with Crippen molar-refractivity contribution < 1.29 is 32.6 Å². The van der Waals surface area contributed by atoms with E-state index in [9.17, 15) is 13.6 Å². The van der Waals surface area contributed by atoms with E-state index in [1.807, 2.05) is 0 Å². The van der Waals surface area contributed by atoms with Crippen molar-refractivity contribution in [2.24, 2.45) is 0 Å². The number of aromatic nitrogens is 1. The number of carboxylic acids is 1. The number of pyridine rings is 1. The average Bonchev–Trinajstić information content (AvgIpc) is 3.18. The van der Waals surface area contributed by atoms with Gasteiger partial charge in [0.2, 0.25) is 5.88 Å². The molecule has 0 aliphatic rings. The van der Waals surface area contributed by atoms with E-state index >= 15 is 0 Å². The Morgan fingerprint density at radius 1 is 1.18 bits per heavy atom. The first-order valence-corrected chi connectivity index (χ1v) is 8.47. The topological polar surface area (TPSA) is 81.8 Å². The summed E-state index contributed by atoms with van der Waals surface area (Å²) in [6.07, 6.45) is 4.55. The summed E-state index contributed by atoms with van der Waals surface area (Å²) in [6.45, 7) is 0.0850. The molecule has 0 atom stereocenters. The van der Waals surface area contributed by atoms with Crippen molar-refractivity contribution in [2.75, 3.05) is 6.61 Å². The van der Waals surface area contributed by atoms with Gasteiger partial charge in [-0.05, 0) is 42.3 Å². The summed E-state index contributed by atoms with van der Waals surface area (Å²) in [5.41, 5.74) is 1.45. The van der Waals surface area contributed by atoms with Crippen molar-refractivity contribution in [3.8, 4) is 22.8 Å². The average molecular weight is 389 g/mol. The van der Waals surface area contributed by atoms with Gasteiger partial charge in [-0.25, -0.2) is 13.8 Å². The van der Waals surface area contributed by atoms with E-state index in [1.165, 1.54) is 18.7 Å². The lowest BCUT2D eigenvalue weighted by Gasteiger charge is -2.12. The summed E-state index contributed by atoms with van der Waals surface area (Å²) >= 11 is 0. The van der Waals surface area contributed by atoms with Crippen LogP contribution in [0.5, 0.6) is 11.6 Å². The smallest absolute Gasteiger partial charge is 0.303 e. The molecule has 1 aromatic carbocycles. The molecule has 0 bridgehead atoms. The van der Waals surface area contributed by atoms with Gasteiger partial charge >= 0.3 is 5.97 Å². The molecule has 28 heavy (non-hydrogen) atoms. The summed E-state index contributed by atoms with van der Waals surface area (Å²) in [7, 11) is 0. The van der Waals surface area contributed by atoms with Gasteiger partial charge in [0.15, 0.2) is 17.4 Å². The number of halogens is 2. The molecule has 1 N–H and O–H groups in total. The third-order valence-corrected chi connectivity index (χ3v) is 3.82. The Hall–Kier alpha value is -3.42. The molecule has 0 saturated carbocycles. The van der Waals surface area contributed by atoms with E-state index in [0.717, 1.165) is 17.7 Å². The highest BCUT2D eigenvalue weighted by atomic mass is 19.1. The van der Waals surface area contributed by atoms with Crippen LogP contribution in [-0.4, -0.2) is 22.7 Å². The zero-order valence-electron chi connectivity index (χ0n) is 14.7. The third kappa shape index (κ3) is 4.85. The van der Waals surface area contributed by atoms with Gasteiger partial charge in [-0.15, -0.1) is 0 Å². The summed E-state index contributed by atoms with van der Waals surface area (Å²) in [6, 6.07) is 7.25. The number of carboxylic acid groups (broad SMARTS) is 1. The Balaban J connectivity index is 1.77. The van der Waals surface area contributed by atoms with Crippen LogP contribution in [0.3, 0.4) is 0 Å². The van der Waals surface area contributed by atoms with Gasteiger partial charge in [0.25, 0.3) is 0 Å². The van der Waals surface area contributed by atoms with Gasteiger partial charge in [0.05, 0.1) is 19.1 Å². The molecule has 0 radical (unpaired) electrons. The van der Waals surface area contributed by atoms with Gasteiger partial charge in [0.1, 0.15) is 6.61 Å². The van der Waals surface area contributed by atoms with Crippen molar-refractivity contribution in [1.29, 1.82) is 0 Å². The van der Waals surface area contributed by atoms with Crippen LogP contribution in [0.4, 0.5) is 8.78 Å². The number of rotatable bonds is 9. The molecule has 6 nitrogen and oxygen atoms in total. The monoisotopic (exact) mass is 389 g/mol. The van der Waals surface area contributed by atoms with Crippen molar-refractivity contribution >= 4 is 5.97 Å². The maximum atomic E-state index is 14.4. The van der Waals surface area contributed by atoms with Crippen LogP contribution in [0.2, 0.25) is 0 Å². The Morgan fingerprint density at radius 2 is 1.96 bits per heavy atom. The van der Waals surface area contributed by atoms with Crippen LogP contribution in [0.15, 0.2) is 53.5 Å². The normalized spacial score (nSPS) is 10.6. The second-order valence-corrected chi connectivity index (χ2v) is 5.89. The molecule has 3 rings (SSSR count). The van der Waals surface area contributed by atoms with E-state index in [4.69, 9.17) is 19.0 Å². The fourth-order valence-electron chi connectivity index (χ4n) is 2.50. The quantitative estimate of drug-likeness (QED) is 0.545. The summed E-state index contributed by atoms with van der Waals surface area (Å²) < 4.78 is 44.4. The number of aliphatic carboxylic acids is 1. The first-order valence-electron chi connectivity index (χ1n) is 8.47. The number of benzene rings is 1. The first kappa shape index (κ1) is 19.3. The van der Waals surface area contributed by atoms with Gasteiger partial charge in [-0.1, -0.05) is 0 Å². The largest absolute Gasteiger partial charge is 0.488 e. The first-order chi connectivity index (χ1) is 13.5. The lowest BCUT2D eigenvalue weighted by atomic mass is 10.1. The molecule has 2 heterocycles. The molecule has 0 saturated heterocycles. The van der Waals surface area contributed by atoms with E-state index in [1.54, 1.807) is 18.2 Å². The highest BCUT2D eigenvalue weighted by molar-refractivity contribution is 5.69. The molecule has 146 valence electrons. The molecule has 8 heteroatoms. The van der Waals surface area contributed by atoms with Gasteiger partial charge in [0, 0.05) is 23.7 Å². The molecular weight excluding hydrogens is 372 g/mol. The SMILES string of the molecule is O=C(O)CCCOc1c(F)cc(-c2cccnc2OCc2ccoc2)cc1F. The molecule has 0 fully saturated rings. The van der Waals surface area contributed by atoms with Crippen molar-refractivity contribution in [1.82, 2.24) is 4.98 Å². The van der Waals surface area contributed by atoms with Gasteiger partial charge in [-0.2, -0.15) is 0 Å². The number of nitrogens with zero attached hydrogens (tertiary/aromatic N) is 1. The number of carbonyl (C=O) groups is 1. The van der Waals surface area contributed by atoms with E-state index in [-0.39, 0.29) is 37.5 Å². The van der Waals surface area contributed by atoms with E-state index in [2.05, 4.69) is 4.98 Å². The van der Waals surface area contributed by atoms with Crippen LogP contribution >= 0.6 is 0 Å². The number of hydrogen-bond donors (Lipinski definition) is 1. The minimum Gasteiger partial charge on any atom is -0.488 e. The molecule has 0 amide bonds. The maximum absolute atomic E-state index is 14.4. The van der Waals surface area contributed by atoms with Crippen LogP contribution < -0.4 is 9.47 Å². The fourth-order valence-corrected chi connectivity index (χ4v) is 2.50. The second kappa shape index (κ2) is 8.98. The highest BCUT2D eigenvalue weighted by Crippen LogP contribution is 2.33. The zero-order chi connectivity index (χ0) is 19.9. The van der Waals surface area contributed by atoms with Crippen molar-refractivity contribution in [2.45, 2.75) is 19.4 Å². The molecule has 0 unspecified atom stereocenters. The molecule has 0 aliphatic carbocycles. The fraction of sp³-hybridized carbons (Fsp3) is 0.200. The Labute approximate surface area is 159 Å². The molecular formula is C20H17F2NO5. The molecule has 2 aromatic heterocycles. The number of hydrogen-bond acceptors (Lipinski definition) is 5. The maximum Gasteiger partial charge on any atom is 0.303 e. The lowest BCUT2D eigenvalue weighted by Crippen LogP contribution is -2.05. The van der Waals surface area contributed by atoms with Crippen molar-refractivity contribution in [3.05, 3.63) is 66.3 Å². The Morgan fingerprint density at radius 3 is 2.64 bits per heavy atom. The predicted octanol–water partition coefficient (Wildman–Crippen LogP) is 4.44. The minimum atomic E-state index is -1.00. The molecule has 0 spiro atoms. The van der Waals surface area contributed by atoms with E-state index in [0.29, 0.717) is 5.56 Å². The zero-order valence-corrected chi connectivity index (χ0v) is 14.7. The minimum absolute atomic E-state index is 0.106.